The minimum absolute atomic E-state index is 0.0348. The van der Waals surface area contributed by atoms with Gasteiger partial charge in [0.25, 0.3) is 0 Å². The van der Waals surface area contributed by atoms with Crippen LogP contribution in [0.3, 0.4) is 0 Å². The zero-order valence-electron chi connectivity index (χ0n) is 11.8. The molecule has 0 aromatic heterocycles. The normalized spacial score (nSPS) is 10.5. The van der Waals surface area contributed by atoms with Crippen molar-refractivity contribution in [3.63, 3.8) is 0 Å². The number of ether oxygens (including phenoxy) is 4. The Kier molecular flexibility index (Phi) is 11.1. The average molecular weight is 277 g/mol. The molecule has 19 heavy (non-hydrogen) atoms. The van der Waals surface area contributed by atoms with E-state index < -0.39 is 11.9 Å². The summed E-state index contributed by atoms with van der Waals surface area (Å²) in [6, 6.07) is 0. The monoisotopic (exact) mass is 277 g/mol. The van der Waals surface area contributed by atoms with Crippen LogP contribution in [0.15, 0.2) is 0 Å². The van der Waals surface area contributed by atoms with Crippen molar-refractivity contribution in [2.24, 2.45) is 0 Å². The molecule has 0 spiro atoms. The van der Waals surface area contributed by atoms with Crippen LogP contribution in [0, 0.1) is 0 Å². The maximum atomic E-state index is 11.2. The van der Waals surface area contributed by atoms with Gasteiger partial charge in [0.15, 0.2) is 0 Å². The molecule has 0 fully saturated rings. The first-order valence-electron chi connectivity index (χ1n) is 6.06. The van der Waals surface area contributed by atoms with Crippen LogP contribution < -0.4 is 0 Å². The van der Waals surface area contributed by atoms with Gasteiger partial charge in [0, 0.05) is 26.9 Å². The molecule has 0 heterocycles. The van der Waals surface area contributed by atoms with E-state index in [2.05, 4.69) is 9.47 Å². The van der Waals surface area contributed by atoms with E-state index in [1.807, 2.05) is 0 Å². The maximum Gasteiger partial charge on any atom is 0.319 e. The first-order valence-corrected chi connectivity index (χ1v) is 6.06. The first kappa shape index (κ1) is 17.8. The van der Waals surface area contributed by atoms with Crippen molar-refractivity contribution in [2.45, 2.75) is 6.42 Å². The fourth-order valence-electron chi connectivity index (χ4n) is 1.31. The van der Waals surface area contributed by atoms with Crippen LogP contribution in [0.5, 0.6) is 0 Å². The van der Waals surface area contributed by atoms with E-state index >= 15 is 0 Å². The second kappa shape index (κ2) is 11.9. The topological polar surface area (TPSA) is 74.3 Å². The van der Waals surface area contributed by atoms with Gasteiger partial charge in [-0.15, -0.1) is 0 Å². The average Bonchev–Trinajstić information content (AvgIpc) is 2.41. The number of methoxy groups -OCH3 is 3. The Hall–Kier alpha value is -1.18. The molecule has 112 valence electrons. The third-order valence-electron chi connectivity index (χ3n) is 2.35. The molecule has 0 bridgehead atoms. The van der Waals surface area contributed by atoms with E-state index in [1.54, 1.807) is 12.0 Å². The minimum Gasteiger partial charge on any atom is -0.468 e. The van der Waals surface area contributed by atoms with Crippen LogP contribution in [0.1, 0.15) is 6.42 Å². The predicted octanol–water partition coefficient (Wildman–Crippen LogP) is -0.312. The van der Waals surface area contributed by atoms with Gasteiger partial charge in [-0.05, 0) is 6.42 Å². The first-order chi connectivity index (χ1) is 9.13. The SMILES string of the molecule is COCCCOCCN(CC(=O)OC)CC(=O)OC. The molecule has 0 saturated heterocycles. The van der Waals surface area contributed by atoms with Gasteiger partial charge in [-0.3, -0.25) is 14.5 Å². The lowest BCUT2D eigenvalue weighted by Crippen LogP contribution is -2.37. The van der Waals surface area contributed by atoms with Crippen LogP contribution in [-0.4, -0.2) is 77.6 Å². The Morgan fingerprint density at radius 3 is 1.95 bits per heavy atom. The quantitative estimate of drug-likeness (QED) is 0.379. The molecule has 7 nitrogen and oxygen atoms in total. The van der Waals surface area contributed by atoms with Gasteiger partial charge in [-0.25, -0.2) is 0 Å². The second-order valence-corrected chi connectivity index (χ2v) is 3.82. The molecule has 0 aromatic carbocycles. The van der Waals surface area contributed by atoms with Gasteiger partial charge in [-0.1, -0.05) is 0 Å². The number of carbonyl (C=O) groups is 2. The molecule has 0 saturated carbocycles. The fourth-order valence-corrected chi connectivity index (χ4v) is 1.31. The molecular weight excluding hydrogens is 254 g/mol. The van der Waals surface area contributed by atoms with Gasteiger partial charge in [0.2, 0.25) is 0 Å². The third kappa shape index (κ3) is 10.4. The highest BCUT2D eigenvalue weighted by Gasteiger charge is 2.14. The van der Waals surface area contributed by atoms with Crippen molar-refractivity contribution in [3.05, 3.63) is 0 Å². The van der Waals surface area contributed by atoms with Crippen LogP contribution in [0.2, 0.25) is 0 Å². The second-order valence-electron chi connectivity index (χ2n) is 3.82. The van der Waals surface area contributed by atoms with E-state index in [-0.39, 0.29) is 13.1 Å². The molecule has 0 atom stereocenters. The van der Waals surface area contributed by atoms with Crippen molar-refractivity contribution in [1.82, 2.24) is 4.90 Å². The summed E-state index contributed by atoms with van der Waals surface area (Å²) in [6.07, 6.45) is 0.810. The number of esters is 2. The molecule has 7 heteroatoms. The lowest BCUT2D eigenvalue weighted by molar-refractivity contribution is -0.145. The molecular formula is C12H23NO6. The molecule has 0 aromatic rings. The largest absolute Gasteiger partial charge is 0.468 e. The van der Waals surface area contributed by atoms with E-state index in [1.165, 1.54) is 14.2 Å². The van der Waals surface area contributed by atoms with Crippen molar-refractivity contribution >= 4 is 11.9 Å². The fraction of sp³-hybridized carbons (Fsp3) is 0.833. The van der Waals surface area contributed by atoms with Crippen molar-refractivity contribution in [1.29, 1.82) is 0 Å². The minimum atomic E-state index is -0.400. The number of carbonyl (C=O) groups excluding carboxylic acids is 2. The number of hydrogen-bond donors (Lipinski definition) is 0. The smallest absolute Gasteiger partial charge is 0.319 e. The number of rotatable bonds is 11. The number of nitrogens with zero attached hydrogens (tertiary/aromatic N) is 1. The summed E-state index contributed by atoms with van der Waals surface area (Å²) in [5.41, 5.74) is 0. The summed E-state index contributed by atoms with van der Waals surface area (Å²) < 4.78 is 19.4. The summed E-state index contributed by atoms with van der Waals surface area (Å²) in [6.45, 7) is 2.18. The summed E-state index contributed by atoms with van der Waals surface area (Å²) >= 11 is 0. The predicted molar refractivity (Wildman–Crippen MR) is 67.8 cm³/mol. The summed E-state index contributed by atoms with van der Waals surface area (Å²) in [7, 11) is 4.24. The molecule has 0 aliphatic rings. The highest BCUT2D eigenvalue weighted by atomic mass is 16.5. The van der Waals surface area contributed by atoms with Crippen LogP contribution in [0.25, 0.3) is 0 Å². The third-order valence-corrected chi connectivity index (χ3v) is 2.35. The van der Waals surface area contributed by atoms with Crippen LogP contribution >= 0.6 is 0 Å². The standard InChI is InChI=1S/C12H23NO6/c1-16-6-4-7-19-8-5-13(9-11(14)17-2)10-12(15)18-3/h4-10H2,1-3H3. The summed E-state index contributed by atoms with van der Waals surface area (Å²) in [5.74, 6) is -0.799. The van der Waals surface area contributed by atoms with Gasteiger partial charge in [0.05, 0.1) is 33.9 Å². The Bertz CT molecular complexity index is 241. The zero-order chi connectivity index (χ0) is 14.5. The molecule has 0 rings (SSSR count). The summed E-state index contributed by atoms with van der Waals surface area (Å²) in [4.78, 5) is 24.0. The molecule has 0 N–H and O–H groups in total. The molecule has 0 aliphatic heterocycles. The van der Waals surface area contributed by atoms with E-state index in [4.69, 9.17) is 9.47 Å². The van der Waals surface area contributed by atoms with E-state index in [0.717, 1.165) is 6.42 Å². The van der Waals surface area contributed by atoms with E-state index in [0.29, 0.717) is 26.4 Å². The lowest BCUT2D eigenvalue weighted by atomic mass is 10.4. The highest BCUT2D eigenvalue weighted by molar-refractivity contribution is 5.74. The molecule has 0 amide bonds. The van der Waals surface area contributed by atoms with Crippen molar-refractivity contribution in [2.75, 3.05) is 60.8 Å². The van der Waals surface area contributed by atoms with Crippen LogP contribution in [0.4, 0.5) is 0 Å². The Morgan fingerprint density at radius 2 is 1.47 bits per heavy atom. The molecule has 0 radical (unpaired) electrons. The maximum absolute atomic E-state index is 11.2. The van der Waals surface area contributed by atoms with Gasteiger partial charge >= 0.3 is 11.9 Å². The van der Waals surface area contributed by atoms with Gasteiger partial charge in [0.1, 0.15) is 0 Å². The highest BCUT2D eigenvalue weighted by Crippen LogP contribution is 1.93. The Morgan fingerprint density at radius 1 is 0.895 bits per heavy atom. The van der Waals surface area contributed by atoms with Crippen LogP contribution in [-0.2, 0) is 28.5 Å². The molecule has 0 aliphatic carbocycles. The van der Waals surface area contributed by atoms with E-state index in [9.17, 15) is 9.59 Å². The zero-order valence-corrected chi connectivity index (χ0v) is 11.8. The number of hydrogen-bond acceptors (Lipinski definition) is 7. The van der Waals surface area contributed by atoms with Gasteiger partial charge in [-0.2, -0.15) is 0 Å². The van der Waals surface area contributed by atoms with Crippen molar-refractivity contribution in [3.8, 4) is 0 Å². The Balaban J connectivity index is 3.90. The Labute approximate surface area is 113 Å². The lowest BCUT2D eigenvalue weighted by Gasteiger charge is -2.19. The summed E-state index contributed by atoms with van der Waals surface area (Å²) in [5, 5.41) is 0. The molecule has 0 unspecified atom stereocenters. The van der Waals surface area contributed by atoms with Crippen molar-refractivity contribution < 1.29 is 28.5 Å². The van der Waals surface area contributed by atoms with Gasteiger partial charge < -0.3 is 18.9 Å².